The molecular formula is C16H20N4O3. The van der Waals surface area contributed by atoms with E-state index in [-0.39, 0.29) is 0 Å². The summed E-state index contributed by atoms with van der Waals surface area (Å²) in [6.45, 7) is 3.94. The minimum absolute atomic E-state index is 0.394. The largest absolute Gasteiger partial charge is 0.440 e. The minimum atomic E-state index is -0.551. The molecule has 1 atom stereocenters. The van der Waals surface area contributed by atoms with E-state index in [2.05, 4.69) is 20.9 Å². The maximum Gasteiger partial charge on any atom is 0.321 e. The zero-order valence-corrected chi connectivity index (χ0v) is 13.2. The number of fused-ring (bicyclic) bond motifs is 1. The van der Waals surface area contributed by atoms with E-state index >= 15 is 0 Å². The second-order valence-electron chi connectivity index (χ2n) is 5.72. The molecule has 0 aliphatic heterocycles. The number of hydrogen-bond acceptors (Lipinski definition) is 5. The highest BCUT2D eigenvalue weighted by Gasteiger charge is 2.28. The molecule has 3 N–H and O–H groups in total. The standard InChI is InChI=1S/C16H20N4O3/c1-3-17-16(22)20-14(21)9(2)18-11-6-7-13-12(8-11)19-15(23-13)10-4-5-10/h6-10,18H,3-5H2,1-2H3,(H2,17,20,21,22)/t9-/m0/s1. The van der Waals surface area contributed by atoms with E-state index in [4.69, 9.17) is 4.42 Å². The van der Waals surface area contributed by atoms with Gasteiger partial charge < -0.3 is 15.1 Å². The Bertz CT molecular complexity index is 736. The van der Waals surface area contributed by atoms with Gasteiger partial charge in [0.2, 0.25) is 5.91 Å². The Balaban J connectivity index is 1.65. The number of oxazole rings is 1. The first-order valence-corrected chi connectivity index (χ1v) is 7.82. The molecule has 122 valence electrons. The van der Waals surface area contributed by atoms with Gasteiger partial charge in [-0.2, -0.15) is 0 Å². The summed E-state index contributed by atoms with van der Waals surface area (Å²) in [6, 6.07) is 4.48. The van der Waals surface area contributed by atoms with E-state index in [9.17, 15) is 9.59 Å². The monoisotopic (exact) mass is 316 g/mol. The molecule has 1 aliphatic rings. The molecular weight excluding hydrogens is 296 g/mol. The normalized spacial score (nSPS) is 15.2. The SMILES string of the molecule is CCNC(=O)NC(=O)[C@H](C)Nc1ccc2oc(C3CC3)nc2c1. The molecule has 1 saturated carbocycles. The molecule has 0 bridgehead atoms. The smallest absolute Gasteiger partial charge is 0.321 e. The van der Waals surface area contributed by atoms with Crippen LogP contribution in [0.1, 0.15) is 38.5 Å². The van der Waals surface area contributed by atoms with Crippen LogP contribution >= 0.6 is 0 Å². The number of imide groups is 1. The number of hydrogen-bond donors (Lipinski definition) is 3. The third kappa shape index (κ3) is 3.61. The summed E-state index contributed by atoms with van der Waals surface area (Å²) < 4.78 is 5.71. The van der Waals surface area contributed by atoms with Crippen LogP contribution in [0.4, 0.5) is 10.5 Å². The summed E-state index contributed by atoms with van der Waals surface area (Å²) in [5.74, 6) is 0.856. The first-order valence-electron chi connectivity index (χ1n) is 7.82. The number of anilines is 1. The van der Waals surface area contributed by atoms with Crippen LogP contribution in [0, 0.1) is 0 Å². The maximum atomic E-state index is 11.9. The van der Waals surface area contributed by atoms with E-state index < -0.39 is 18.0 Å². The molecule has 0 saturated heterocycles. The number of nitrogens with zero attached hydrogens (tertiary/aromatic N) is 1. The molecule has 7 heteroatoms. The highest BCUT2D eigenvalue weighted by atomic mass is 16.3. The lowest BCUT2D eigenvalue weighted by atomic mass is 10.2. The van der Waals surface area contributed by atoms with Crippen LogP contribution in [0.5, 0.6) is 0 Å². The van der Waals surface area contributed by atoms with Gasteiger partial charge in [-0.15, -0.1) is 0 Å². The van der Waals surface area contributed by atoms with Crippen LogP contribution in [0.15, 0.2) is 22.6 Å². The lowest BCUT2D eigenvalue weighted by molar-refractivity contribution is -0.120. The van der Waals surface area contributed by atoms with Gasteiger partial charge in [0.05, 0.1) is 0 Å². The van der Waals surface area contributed by atoms with Crippen LogP contribution in [0.3, 0.4) is 0 Å². The van der Waals surface area contributed by atoms with Gasteiger partial charge in [0.25, 0.3) is 0 Å². The molecule has 0 radical (unpaired) electrons. The fraction of sp³-hybridized carbons (Fsp3) is 0.438. The number of rotatable bonds is 5. The van der Waals surface area contributed by atoms with E-state index in [0.29, 0.717) is 12.5 Å². The lowest BCUT2D eigenvalue weighted by Crippen LogP contribution is -2.45. The summed E-state index contributed by atoms with van der Waals surface area (Å²) >= 11 is 0. The topological polar surface area (TPSA) is 96.3 Å². The molecule has 7 nitrogen and oxygen atoms in total. The first kappa shape index (κ1) is 15.3. The summed E-state index contributed by atoms with van der Waals surface area (Å²) in [5, 5.41) is 7.86. The molecule has 1 fully saturated rings. The number of carbonyl (C=O) groups excluding carboxylic acids is 2. The summed E-state index contributed by atoms with van der Waals surface area (Å²) in [7, 11) is 0. The van der Waals surface area contributed by atoms with E-state index in [1.54, 1.807) is 13.8 Å². The Kier molecular flexibility index (Phi) is 4.18. The Morgan fingerprint density at radius 1 is 1.39 bits per heavy atom. The van der Waals surface area contributed by atoms with Crippen molar-refractivity contribution in [3.05, 3.63) is 24.1 Å². The second-order valence-corrected chi connectivity index (χ2v) is 5.72. The zero-order valence-electron chi connectivity index (χ0n) is 13.2. The predicted molar refractivity (Wildman–Crippen MR) is 86.3 cm³/mol. The van der Waals surface area contributed by atoms with Crippen molar-refractivity contribution in [2.75, 3.05) is 11.9 Å². The average Bonchev–Trinajstić information content (AvgIpc) is 3.27. The molecule has 1 heterocycles. The van der Waals surface area contributed by atoms with Gasteiger partial charge in [-0.3, -0.25) is 10.1 Å². The number of amides is 3. The van der Waals surface area contributed by atoms with Crippen molar-refractivity contribution in [2.24, 2.45) is 0 Å². The van der Waals surface area contributed by atoms with Crippen molar-refractivity contribution in [3.8, 4) is 0 Å². The molecule has 1 aliphatic carbocycles. The Morgan fingerprint density at radius 2 is 2.17 bits per heavy atom. The van der Waals surface area contributed by atoms with Gasteiger partial charge in [-0.25, -0.2) is 9.78 Å². The number of nitrogens with one attached hydrogen (secondary N) is 3. The number of urea groups is 1. The molecule has 23 heavy (non-hydrogen) atoms. The van der Waals surface area contributed by atoms with Gasteiger partial charge in [0.15, 0.2) is 11.5 Å². The summed E-state index contributed by atoms with van der Waals surface area (Å²) in [6.07, 6.45) is 2.27. The van der Waals surface area contributed by atoms with Crippen molar-refractivity contribution < 1.29 is 14.0 Å². The highest BCUT2D eigenvalue weighted by molar-refractivity contribution is 5.98. The summed E-state index contributed by atoms with van der Waals surface area (Å²) in [5.41, 5.74) is 2.27. The minimum Gasteiger partial charge on any atom is -0.440 e. The van der Waals surface area contributed by atoms with Crippen LogP contribution in [0.2, 0.25) is 0 Å². The molecule has 3 rings (SSSR count). The Labute approximate surface area is 133 Å². The number of aromatic nitrogens is 1. The van der Waals surface area contributed by atoms with E-state index in [1.807, 2.05) is 18.2 Å². The van der Waals surface area contributed by atoms with Gasteiger partial charge >= 0.3 is 6.03 Å². The zero-order chi connectivity index (χ0) is 16.4. The van der Waals surface area contributed by atoms with Crippen LogP contribution in [-0.4, -0.2) is 29.5 Å². The van der Waals surface area contributed by atoms with E-state index in [1.165, 1.54) is 0 Å². The second kappa shape index (κ2) is 6.28. The molecule has 1 aromatic heterocycles. The Hall–Kier alpha value is -2.57. The third-order valence-electron chi connectivity index (χ3n) is 3.68. The lowest BCUT2D eigenvalue weighted by Gasteiger charge is -2.14. The van der Waals surface area contributed by atoms with Gasteiger partial charge in [-0.1, -0.05) is 0 Å². The van der Waals surface area contributed by atoms with Crippen LogP contribution < -0.4 is 16.0 Å². The van der Waals surface area contributed by atoms with E-state index in [0.717, 1.165) is 35.5 Å². The van der Waals surface area contributed by atoms with Crippen molar-refractivity contribution in [1.82, 2.24) is 15.6 Å². The number of carbonyl (C=O) groups is 2. The summed E-state index contributed by atoms with van der Waals surface area (Å²) in [4.78, 5) is 27.8. The first-order chi connectivity index (χ1) is 11.1. The third-order valence-corrected chi connectivity index (χ3v) is 3.68. The Morgan fingerprint density at radius 3 is 2.87 bits per heavy atom. The van der Waals surface area contributed by atoms with Crippen molar-refractivity contribution in [1.29, 1.82) is 0 Å². The fourth-order valence-electron chi connectivity index (χ4n) is 2.28. The molecule has 2 aromatic rings. The quantitative estimate of drug-likeness (QED) is 0.787. The predicted octanol–water partition coefficient (Wildman–Crippen LogP) is 2.35. The highest BCUT2D eigenvalue weighted by Crippen LogP contribution is 2.40. The average molecular weight is 316 g/mol. The van der Waals surface area contributed by atoms with Crippen molar-refractivity contribution in [3.63, 3.8) is 0 Å². The molecule has 0 spiro atoms. The number of benzene rings is 1. The molecule has 0 unspecified atom stereocenters. The van der Waals surface area contributed by atoms with Crippen molar-refractivity contribution >= 4 is 28.7 Å². The van der Waals surface area contributed by atoms with Crippen LogP contribution in [0.25, 0.3) is 11.1 Å². The van der Waals surface area contributed by atoms with Crippen molar-refractivity contribution in [2.45, 2.75) is 38.6 Å². The molecule has 3 amide bonds. The maximum absolute atomic E-state index is 11.9. The molecule has 1 aromatic carbocycles. The van der Waals surface area contributed by atoms with Gasteiger partial charge in [0.1, 0.15) is 11.6 Å². The van der Waals surface area contributed by atoms with Crippen LogP contribution in [-0.2, 0) is 4.79 Å². The fourth-order valence-corrected chi connectivity index (χ4v) is 2.28. The van der Waals surface area contributed by atoms with Gasteiger partial charge in [-0.05, 0) is 44.9 Å². The van der Waals surface area contributed by atoms with Gasteiger partial charge in [0, 0.05) is 18.2 Å².